The molecular weight excluding hydrogens is 414 g/mol. The second kappa shape index (κ2) is 15.2. The Kier molecular flexibility index (Phi) is 12.2. The van der Waals surface area contributed by atoms with Gasteiger partial charge in [0.25, 0.3) is 5.91 Å². The zero-order chi connectivity index (χ0) is 23.9. The summed E-state index contributed by atoms with van der Waals surface area (Å²) in [5.41, 5.74) is 7.28. The van der Waals surface area contributed by atoms with E-state index in [0.29, 0.717) is 11.4 Å². The number of aromatic nitrogens is 2. The molecule has 1 aromatic heterocycles. The lowest BCUT2D eigenvalue weighted by molar-refractivity contribution is 0.0764. The van der Waals surface area contributed by atoms with Crippen molar-refractivity contribution in [3.8, 4) is 0 Å². The molecule has 2 aromatic rings. The van der Waals surface area contributed by atoms with E-state index in [0.717, 1.165) is 31.6 Å². The maximum atomic E-state index is 12.9. The highest BCUT2D eigenvalue weighted by atomic mass is 16.2. The van der Waals surface area contributed by atoms with Gasteiger partial charge in [-0.2, -0.15) is 0 Å². The molecule has 0 bridgehead atoms. The molecule has 0 saturated heterocycles. The minimum atomic E-state index is -0.166. The van der Waals surface area contributed by atoms with Crippen LogP contribution >= 0.6 is 0 Å². The summed E-state index contributed by atoms with van der Waals surface area (Å²) in [5, 5.41) is 11.1. The number of carbonyl (C=O) groups is 1. The highest BCUT2D eigenvalue weighted by Gasteiger charge is 2.18. The van der Waals surface area contributed by atoms with Crippen molar-refractivity contribution < 1.29 is 4.79 Å². The van der Waals surface area contributed by atoms with Crippen molar-refractivity contribution in [2.75, 3.05) is 32.7 Å². The fraction of sp³-hybridized carbons (Fsp3) is 0.560. The van der Waals surface area contributed by atoms with Crippen LogP contribution in [0, 0.1) is 5.41 Å². The normalized spacial score (nSPS) is 11.1. The minimum Gasteiger partial charge on any atom is -0.386 e. The van der Waals surface area contributed by atoms with E-state index >= 15 is 0 Å². The first-order valence-electron chi connectivity index (χ1n) is 12.2. The van der Waals surface area contributed by atoms with Crippen molar-refractivity contribution in [2.24, 2.45) is 5.73 Å². The molecular formula is C25H41N7O. The monoisotopic (exact) mass is 455 g/mol. The zero-order valence-corrected chi connectivity index (χ0v) is 20.3. The van der Waals surface area contributed by atoms with Gasteiger partial charge >= 0.3 is 0 Å². The van der Waals surface area contributed by atoms with Gasteiger partial charge in [-0.25, -0.2) is 4.98 Å². The number of benzene rings is 1. The van der Waals surface area contributed by atoms with Crippen LogP contribution in [0.2, 0.25) is 0 Å². The lowest BCUT2D eigenvalue weighted by atomic mass is 10.1. The number of nitrogens with one attached hydrogen (secondary N) is 3. The van der Waals surface area contributed by atoms with E-state index in [-0.39, 0.29) is 24.8 Å². The number of imidazole rings is 1. The number of hydrogen-bond donors (Lipinski definition) is 4. The fourth-order valence-electron chi connectivity index (χ4n) is 3.68. The summed E-state index contributed by atoms with van der Waals surface area (Å²) in [7, 11) is 0. The summed E-state index contributed by atoms with van der Waals surface area (Å²) in [6.45, 7) is 10.1. The number of nitrogens with two attached hydrogens (primary N) is 1. The number of nitrogens with zero attached hydrogens (tertiary/aromatic N) is 3. The van der Waals surface area contributed by atoms with Crippen molar-refractivity contribution in [1.29, 1.82) is 5.41 Å². The van der Waals surface area contributed by atoms with Gasteiger partial charge in [0.15, 0.2) is 0 Å². The Morgan fingerprint density at radius 3 is 2.33 bits per heavy atom. The van der Waals surface area contributed by atoms with Crippen LogP contribution in [0.1, 0.15) is 67.7 Å². The van der Waals surface area contributed by atoms with Crippen LogP contribution in [0.25, 0.3) is 0 Å². The van der Waals surface area contributed by atoms with E-state index in [1.54, 1.807) is 12.4 Å². The van der Waals surface area contributed by atoms with E-state index in [4.69, 9.17) is 11.1 Å². The maximum absolute atomic E-state index is 12.9. The Hall–Kier alpha value is -2.71. The molecule has 0 atom stereocenters. The molecule has 33 heavy (non-hydrogen) atoms. The molecule has 0 radical (unpaired) electrons. The lowest BCUT2D eigenvalue weighted by Crippen LogP contribution is -2.38. The quantitative estimate of drug-likeness (QED) is 0.166. The third kappa shape index (κ3) is 10.2. The Bertz CT molecular complexity index is 797. The van der Waals surface area contributed by atoms with Crippen molar-refractivity contribution in [2.45, 2.75) is 59.0 Å². The second-order valence-corrected chi connectivity index (χ2v) is 8.50. The van der Waals surface area contributed by atoms with Crippen LogP contribution in [0.4, 0.5) is 0 Å². The average molecular weight is 456 g/mol. The van der Waals surface area contributed by atoms with Gasteiger partial charge in [-0.05, 0) is 63.1 Å². The van der Waals surface area contributed by atoms with Crippen LogP contribution in [0.15, 0.2) is 36.7 Å². The molecule has 0 spiro atoms. The maximum Gasteiger partial charge on any atom is 0.254 e. The average Bonchev–Trinajstić information content (AvgIpc) is 3.32. The predicted octanol–water partition coefficient (Wildman–Crippen LogP) is 3.37. The van der Waals surface area contributed by atoms with E-state index in [1.807, 2.05) is 24.3 Å². The van der Waals surface area contributed by atoms with Crippen molar-refractivity contribution >= 4 is 11.7 Å². The van der Waals surface area contributed by atoms with Crippen LogP contribution < -0.4 is 11.1 Å². The molecule has 2 rings (SSSR count). The number of amidine groups is 1. The molecule has 0 fully saturated rings. The summed E-state index contributed by atoms with van der Waals surface area (Å²) in [6, 6.07) is 7.64. The van der Waals surface area contributed by atoms with Gasteiger partial charge < -0.3 is 25.8 Å². The standard InChI is InChI=1S/C25H41N7O/c1-3-5-15-31(16-6-4-2)17-7-12-28-18-21-8-10-22(11-9-21)25(33)32(19-23(26)27)20-24-29-13-14-30-24/h8-11,13-14,28H,3-7,12,15-20H2,1-2H3,(H3,26,27)(H,29,30). The molecule has 1 heterocycles. The van der Waals surface area contributed by atoms with E-state index < -0.39 is 0 Å². The van der Waals surface area contributed by atoms with Crippen LogP contribution in [-0.2, 0) is 13.1 Å². The van der Waals surface area contributed by atoms with Gasteiger partial charge in [0.05, 0.1) is 13.1 Å². The van der Waals surface area contributed by atoms with E-state index in [2.05, 4.69) is 34.0 Å². The number of rotatable bonds is 17. The number of unbranched alkanes of at least 4 members (excludes halogenated alkanes) is 2. The summed E-state index contributed by atoms with van der Waals surface area (Å²) in [5.74, 6) is 0.437. The number of hydrogen-bond acceptors (Lipinski definition) is 5. The fourth-order valence-corrected chi connectivity index (χ4v) is 3.68. The van der Waals surface area contributed by atoms with E-state index in [1.165, 1.54) is 43.7 Å². The molecule has 5 N–H and O–H groups in total. The Balaban J connectivity index is 1.79. The van der Waals surface area contributed by atoms with Crippen LogP contribution in [0.3, 0.4) is 0 Å². The zero-order valence-electron chi connectivity index (χ0n) is 20.3. The van der Waals surface area contributed by atoms with Gasteiger partial charge in [0.2, 0.25) is 0 Å². The topological polar surface area (TPSA) is 114 Å². The van der Waals surface area contributed by atoms with Crippen molar-refractivity contribution in [3.63, 3.8) is 0 Å². The van der Waals surface area contributed by atoms with Gasteiger partial charge in [-0.15, -0.1) is 0 Å². The van der Waals surface area contributed by atoms with Crippen molar-refractivity contribution in [1.82, 2.24) is 25.1 Å². The molecule has 0 saturated carbocycles. The van der Waals surface area contributed by atoms with Gasteiger partial charge in [0.1, 0.15) is 11.7 Å². The molecule has 8 nitrogen and oxygen atoms in total. The van der Waals surface area contributed by atoms with Gasteiger partial charge in [-0.1, -0.05) is 38.8 Å². The summed E-state index contributed by atoms with van der Waals surface area (Å²) >= 11 is 0. The number of carbonyl (C=O) groups excluding carboxylic acids is 1. The Morgan fingerprint density at radius 2 is 1.76 bits per heavy atom. The van der Waals surface area contributed by atoms with Crippen molar-refractivity contribution in [3.05, 3.63) is 53.6 Å². The SMILES string of the molecule is CCCCN(CCCC)CCCNCc1ccc(C(=O)N(CC(=N)N)Cc2ncc[nH]2)cc1. The molecule has 0 aliphatic rings. The third-order valence-corrected chi connectivity index (χ3v) is 5.56. The first kappa shape index (κ1) is 26.5. The first-order chi connectivity index (χ1) is 16.0. The number of H-pyrrole nitrogens is 1. The molecule has 0 aliphatic carbocycles. The smallest absolute Gasteiger partial charge is 0.254 e. The Labute approximate surface area is 198 Å². The highest BCUT2D eigenvalue weighted by Crippen LogP contribution is 2.10. The molecule has 182 valence electrons. The largest absolute Gasteiger partial charge is 0.386 e. The van der Waals surface area contributed by atoms with Crippen LogP contribution in [0.5, 0.6) is 0 Å². The lowest BCUT2D eigenvalue weighted by Gasteiger charge is -2.22. The van der Waals surface area contributed by atoms with Gasteiger partial charge in [-0.3, -0.25) is 10.2 Å². The first-order valence-corrected chi connectivity index (χ1v) is 12.2. The molecule has 1 aromatic carbocycles. The second-order valence-electron chi connectivity index (χ2n) is 8.50. The highest BCUT2D eigenvalue weighted by molar-refractivity contribution is 5.96. The summed E-state index contributed by atoms with van der Waals surface area (Å²) in [4.78, 5) is 24.2. The van der Waals surface area contributed by atoms with E-state index in [9.17, 15) is 4.79 Å². The van der Waals surface area contributed by atoms with Gasteiger partial charge in [0, 0.05) is 24.5 Å². The minimum absolute atomic E-state index is 0.0568. The molecule has 1 amide bonds. The predicted molar refractivity (Wildman–Crippen MR) is 134 cm³/mol. The molecule has 0 unspecified atom stereocenters. The molecule has 0 aliphatic heterocycles. The summed E-state index contributed by atoms with van der Waals surface area (Å²) in [6.07, 6.45) is 9.52. The number of amides is 1. The van der Waals surface area contributed by atoms with Crippen LogP contribution in [-0.4, -0.2) is 64.2 Å². The number of aromatic amines is 1. The Morgan fingerprint density at radius 1 is 1.09 bits per heavy atom. The third-order valence-electron chi connectivity index (χ3n) is 5.56. The summed E-state index contributed by atoms with van der Waals surface area (Å²) < 4.78 is 0. The molecule has 8 heteroatoms.